The van der Waals surface area contributed by atoms with E-state index in [4.69, 9.17) is 0 Å². The fourth-order valence-corrected chi connectivity index (χ4v) is 3.84. The van der Waals surface area contributed by atoms with Crippen LogP contribution in [0.15, 0.2) is 18.5 Å². The molecule has 2 aliphatic rings. The van der Waals surface area contributed by atoms with Gasteiger partial charge in [0.15, 0.2) is 0 Å². The highest BCUT2D eigenvalue weighted by molar-refractivity contribution is 5.94. The Bertz CT molecular complexity index is 571. The Hall–Kier alpha value is -1.82. The number of piperazine rings is 1. The van der Waals surface area contributed by atoms with Gasteiger partial charge in [0.2, 0.25) is 5.91 Å². The van der Waals surface area contributed by atoms with Crippen LogP contribution < -0.4 is 0 Å². The maximum absolute atomic E-state index is 12.7. The number of likely N-dealkylation sites (tertiary alicyclic amines) is 1. The molecule has 6 heteroatoms. The Morgan fingerprint density at radius 2 is 2.13 bits per heavy atom. The minimum atomic E-state index is -0.0796. The van der Waals surface area contributed by atoms with E-state index in [2.05, 4.69) is 16.9 Å². The molecular formula is C17H26N4O2. The van der Waals surface area contributed by atoms with E-state index in [1.807, 2.05) is 22.8 Å². The Morgan fingerprint density at radius 1 is 1.30 bits per heavy atom. The smallest absolute Gasteiger partial charge is 0.255 e. The molecule has 3 rings (SSSR count). The van der Waals surface area contributed by atoms with Gasteiger partial charge in [-0.1, -0.05) is 0 Å². The standard InChI is InChI=1S/C17H26N4O2/c1-3-20-9-7-17(6-4-15(20)22)13-21(11-10-19(17)2)16(23)14-5-8-18-12-14/h5,8,12,18H,3-4,6-7,9-11,13H2,1-2H3. The van der Waals surface area contributed by atoms with E-state index in [9.17, 15) is 9.59 Å². The van der Waals surface area contributed by atoms with Crippen molar-refractivity contribution in [3.63, 3.8) is 0 Å². The van der Waals surface area contributed by atoms with Crippen molar-refractivity contribution in [1.82, 2.24) is 19.7 Å². The van der Waals surface area contributed by atoms with Crippen LogP contribution in [-0.2, 0) is 4.79 Å². The Labute approximate surface area is 137 Å². The third-order valence-electron chi connectivity index (χ3n) is 5.52. The monoisotopic (exact) mass is 318 g/mol. The van der Waals surface area contributed by atoms with Crippen LogP contribution in [0.4, 0.5) is 0 Å². The molecule has 1 aromatic heterocycles. The average Bonchev–Trinajstić information content (AvgIpc) is 3.04. The first-order chi connectivity index (χ1) is 11.1. The zero-order valence-electron chi connectivity index (χ0n) is 14.0. The van der Waals surface area contributed by atoms with Gasteiger partial charge < -0.3 is 14.8 Å². The zero-order valence-corrected chi connectivity index (χ0v) is 14.0. The highest BCUT2D eigenvalue weighted by Crippen LogP contribution is 2.32. The first-order valence-corrected chi connectivity index (χ1v) is 8.47. The minimum Gasteiger partial charge on any atom is -0.367 e. The topological polar surface area (TPSA) is 59.7 Å². The number of aromatic nitrogens is 1. The van der Waals surface area contributed by atoms with Gasteiger partial charge in [-0.25, -0.2) is 0 Å². The van der Waals surface area contributed by atoms with Gasteiger partial charge in [0.05, 0.1) is 5.56 Å². The molecule has 0 bridgehead atoms. The number of carbonyl (C=O) groups excluding carboxylic acids is 2. The molecule has 1 atom stereocenters. The van der Waals surface area contributed by atoms with Crippen molar-refractivity contribution in [3.8, 4) is 0 Å². The lowest BCUT2D eigenvalue weighted by molar-refractivity contribution is -0.130. The molecule has 0 saturated carbocycles. The molecule has 3 heterocycles. The van der Waals surface area contributed by atoms with Crippen LogP contribution in [0.25, 0.3) is 0 Å². The molecule has 2 saturated heterocycles. The summed E-state index contributed by atoms with van der Waals surface area (Å²) in [5.41, 5.74) is 0.633. The number of likely N-dealkylation sites (N-methyl/N-ethyl adjacent to an activating group) is 1. The number of hydrogen-bond donors (Lipinski definition) is 1. The van der Waals surface area contributed by atoms with Crippen LogP contribution in [0, 0.1) is 0 Å². The number of aromatic amines is 1. The number of rotatable bonds is 2. The molecular weight excluding hydrogens is 292 g/mol. The number of nitrogens with one attached hydrogen (secondary N) is 1. The number of amides is 2. The molecule has 6 nitrogen and oxygen atoms in total. The molecule has 1 spiro atoms. The highest BCUT2D eigenvalue weighted by Gasteiger charge is 2.43. The van der Waals surface area contributed by atoms with Crippen LogP contribution in [-0.4, -0.2) is 76.8 Å². The van der Waals surface area contributed by atoms with Crippen molar-refractivity contribution in [2.75, 3.05) is 39.8 Å². The molecule has 1 aromatic rings. The Balaban J connectivity index is 1.77. The fourth-order valence-electron chi connectivity index (χ4n) is 3.84. The van der Waals surface area contributed by atoms with Gasteiger partial charge in [-0.3, -0.25) is 14.5 Å². The first-order valence-electron chi connectivity index (χ1n) is 8.47. The zero-order chi connectivity index (χ0) is 16.4. The van der Waals surface area contributed by atoms with Crippen LogP contribution in [0.3, 0.4) is 0 Å². The summed E-state index contributed by atoms with van der Waals surface area (Å²) in [4.78, 5) is 34.1. The normalized spacial score (nSPS) is 26.6. The summed E-state index contributed by atoms with van der Waals surface area (Å²) >= 11 is 0. The second-order valence-corrected chi connectivity index (χ2v) is 6.70. The third-order valence-corrected chi connectivity index (χ3v) is 5.52. The predicted octanol–water partition coefficient (Wildman–Crippen LogP) is 1.17. The van der Waals surface area contributed by atoms with E-state index in [1.165, 1.54) is 0 Å². The summed E-state index contributed by atoms with van der Waals surface area (Å²) in [6, 6.07) is 1.82. The molecule has 126 valence electrons. The van der Waals surface area contributed by atoms with Crippen LogP contribution in [0.1, 0.15) is 36.5 Å². The fraction of sp³-hybridized carbons (Fsp3) is 0.647. The van der Waals surface area contributed by atoms with Crippen molar-refractivity contribution < 1.29 is 9.59 Å². The maximum Gasteiger partial charge on any atom is 0.255 e. The predicted molar refractivity (Wildman–Crippen MR) is 88.2 cm³/mol. The van der Waals surface area contributed by atoms with Gasteiger partial charge in [-0.15, -0.1) is 0 Å². The summed E-state index contributed by atoms with van der Waals surface area (Å²) < 4.78 is 0. The van der Waals surface area contributed by atoms with Crippen LogP contribution in [0.2, 0.25) is 0 Å². The lowest BCUT2D eigenvalue weighted by atomic mass is 9.86. The maximum atomic E-state index is 12.7. The number of carbonyl (C=O) groups is 2. The minimum absolute atomic E-state index is 0.0796. The van der Waals surface area contributed by atoms with E-state index >= 15 is 0 Å². The molecule has 2 fully saturated rings. The molecule has 23 heavy (non-hydrogen) atoms. The number of H-pyrrole nitrogens is 1. The van der Waals surface area contributed by atoms with E-state index in [0.717, 1.165) is 39.0 Å². The molecule has 0 aromatic carbocycles. The molecule has 0 radical (unpaired) electrons. The summed E-state index contributed by atoms with van der Waals surface area (Å²) in [5.74, 6) is 0.327. The quantitative estimate of drug-likeness (QED) is 0.890. The van der Waals surface area contributed by atoms with Crippen molar-refractivity contribution in [3.05, 3.63) is 24.0 Å². The SMILES string of the molecule is CCN1CCC2(CCC1=O)CN(C(=O)c1cc[nH]c1)CCN2C. The first kappa shape index (κ1) is 16.1. The second kappa shape index (κ2) is 6.35. The number of nitrogens with zero attached hydrogens (tertiary/aromatic N) is 3. The van der Waals surface area contributed by atoms with E-state index in [-0.39, 0.29) is 17.4 Å². The average molecular weight is 318 g/mol. The van der Waals surface area contributed by atoms with Crippen molar-refractivity contribution in [1.29, 1.82) is 0 Å². The van der Waals surface area contributed by atoms with E-state index in [1.54, 1.807) is 12.4 Å². The van der Waals surface area contributed by atoms with E-state index < -0.39 is 0 Å². The summed E-state index contributed by atoms with van der Waals surface area (Å²) in [6.07, 6.45) is 5.87. The molecule has 1 unspecified atom stereocenters. The molecule has 2 aliphatic heterocycles. The summed E-state index contributed by atoms with van der Waals surface area (Å²) in [5, 5.41) is 0. The van der Waals surface area contributed by atoms with Crippen LogP contribution >= 0.6 is 0 Å². The number of hydrogen-bond acceptors (Lipinski definition) is 3. The van der Waals surface area contributed by atoms with Crippen molar-refractivity contribution in [2.24, 2.45) is 0 Å². The lowest BCUT2D eigenvalue weighted by Crippen LogP contribution is -2.62. The summed E-state index contributed by atoms with van der Waals surface area (Å²) in [6.45, 7) is 5.89. The lowest BCUT2D eigenvalue weighted by Gasteiger charge is -2.49. The summed E-state index contributed by atoms with van der Waals surface area (Å²) in [7, 11) is 2.13. The Morgan fingerprint density at radius 3 is 2.83 bits per heavy atom. The molecule has 2 amide bonds. The largest absolute Gasteiger partial charge is 0.367 e. The molecule has 0 aliphatic carbocycles. The van der Waals surface area contributed by atoms with Gasteiger partial charge in [0.1, 0.15) is 0 Å². The van der Waals surface area contributed by atoms with Gasteiger partial charge in [-0.2, -0.15) is 0 Å². The molecule has 1 N–H and O–H groups in total. The van der Waals surface area contributed by atoms with Crippen molar-refractivity contribution in [2.45, 2.75) is 31.7 Å². The van der Waals surface area contributed by atoms with Crippen molar-refractivity contribution >= 4 is 11.8 Å². The second-order valence-electron chi connectivity index (χ2n) is 6.70. The van der Waals surface area contributed by atoms with Gasteiger partial charge in [0.25, 0.3) is 5.91 Å². The van der Waals surface area contributed by atoms with Gasteiger partial charge in [-0.05, 0) is 32.9 Å². The van der Waals surface area contributed by atoms with Gasteiger partial charge >= 0.3 is 0 Å². The highest BCUT2D eigenvalue weighted by atomic mass is 16.2. The van der Waals surface area contributed by atoms with E-state index in [0.29, 0.717) is 18.5 Å². The van der Waals surface area contributed by atoms with Crippen LogP contribution in [0.5, 0.6) is 0 Å². The van der Waals surface area contributed by atoms with Gasteiger partial charge in [0, 0.05) is 57.1 Å². The Kier molecular flexibility index (Phi) is 4.43. The third kappa shape index (κ3) is 3.00.